The van der Waals surface area contributed by atoms with Gasteiger partial charge < -0.3 is 15.2 Å². The highest BCUT2D eigenvalue weighted by Crippen LogP contribution is 2.32. The first-order valence-electron chi connectivity index (χ1n) is 10.4. The molecule has 2 heterocycles. The van der Waals surface area contributed by atoms with E-state index >= 15 is 0 Å². The topological polar surface area (TPSA) is 133 Å². The molecule has 33 heavy (non-hydrogen) atoms. The van der Waals surface area contributed by atoms with E-state index in [2.05, 4.69) is 5.32 Å². The van der Waals surface area contributed by atoms with Crippen LogP contribution in [-0.4, -0.2) is 71.3 Å². The number of aryl methyl sites for hydroxylation is 1. The van der Waals surface area contributed by atoms with Gasteiger partial charge in [0.15, 0.2) is 0 Å². The predicted octanol–water partition coefficient (Wildman–Crippen LogP) is 1.38. The summed E-state index contributed by atoms with van der Waals surface area (Å²) in [7, 11) is -7.23. The fourth-order valence-corrected chi connectivity index (χ4v) is 6.39. The second kappa shape index (κ2) is 8.93. The number of sulfonamides is 2. The molecule has 1 saturated heterocycles. The van der Waals surface area contributed by atoms with E-state index in [0.717, 1.165) is 11.8 Å². The number of rotatable bonds is 5. The fourth-order valence-electron chi connectivity index (χ4n) is 3.95. The molecule has 1 fully saturated rings. The summed E-state index contributed by atoms with van der Waals surface area (Å²) in [5.41, 5.74) is 1.50. The Balaban J connectivity index is 1.58. The third-order valence-electron chi connectivity index (χ3n) is 5.64. The van der Waals surface area contributed by atoms with Crippen molar-refractivity contribution in [1.82, 2.24) is 4.31 Å². The van der Waals surface area contributed by atoms with E-state index in [1.54, 1.807) is 12.1 Å². The maximum absolute atomic E-state index is 12.9. The van der Waals surface area contributed by atoms with Crippen molar-refractivity contribution in [3.8, 4) is 5.75 Å². The standard InChI is InChI=1S/C21H25N3O7S2/c1-32(27,28)24-8-2-3-15-13-16(4-6-19(15)24)21(26)22-18-14-17(5-7-20(18)25)33(29,30)23-9-11-31-12-10-23/h4-7,13-14,25H,2-3,8-12H2,1H3,(H,22,26). The van der Waals surface area contributed by atoms with Gasteiger partial charge in [-0.15, -0.1) is 0 Å². The van der Waals surface area contributed by atoms with Crippen molar-refractivity contribution in [2.75, 3.05) is 48.7 Å². The van der Waals surface area contributed by atoms with Crippen LogP contribution in [0.5, 0.6) is 5.75 Å². The molecule has 2 aliphatic rings. The van der Waals surface area contributed by atoms with Crippen molar-refractivity contribution in [3.63, 3.8) is 0 Å². The third-order valence-corrected chi connectivity index (χ3v) is 8.72. The minimum atomic E-state index is -3.81. The Bertz CT molecular complexity index is 1290. The first kappa shape index (κ1) is 23.5. The Morgan fingerprint density at radius 3 is 2.45 bits per heavy atom. The number of nitrogens with zero attached hydrogens (tertiary/aromatic N) is 2. The number of fused-ring (bicyclic) bond motifs is 1. The SMILES string of the molecule is CS(=O)(=O)N1CCCc2cc(C(=O)Nc3cc(S(=O)(=O)N4CCOCC4)ccc3O)ccc21. The summed E-state index contributed by atoms with van der Waals surface area (Å²) in [4.78, 5) is 12.8. The Labute approximate surface area is 192 Å². The predicted molar refractivity (Wildman–Crippen MR) is 123 cm³/mol. The lowest BCUT2D eigenvalue weighted by molar-refractivity contribution is 0.0730. The number of amides is 1. The average molecular weight is 496 g/mol. The first-order valence-corrected chi connectivity index (χ1v) is 13.7. The molecule has 12 heteroatoms. The first-order chi connectivity index (χ1) is 15.6. The summed E-state index contributed by atoms with van der Waals surface area (Å²) >= 11 is 0. The lowest BCUT2D eigenvalue weighted by Gasteiger charge is -2.29. The molecule has 2 aromatic rings. The maximum atomic E-state index is 12.9. The smallest absolute Gasteiger partial charge is 0.255 e. The summed E-state index contributed by atoms with van der Waals surface area (Å²) < 4.78 is 57.7. The Morgan fingerprint density at radius 2 is 1.76 bits per heavy atom. The summed E-state index contributed by atoms with van der Waals surface area (Å²) in [6.07, 6.45) is 2.40. The number of carbonyl (C=O) groups is 1. The van der Waals surface area contributed by atoms with Crippen molar-refractivity contribution in [2.24, 2.45) is 0 Å². The largest absolute Gasteiger partial charge is 0.506 e. The second-order valence-corrected chi connectivity index (χ2v) is 11.8. The van der Waals surface area contributed by atoms with Gasteiger partial charge in [-0.05, 0) is 54.8 Å². The number of hydrogen-bond acceptors (Lipinski definition) is 7. The van der Waals surface area contributed by atoms with Crippen LogP contribution < -0.4 is 9.62 Å². The molecule has 0 radical (unpaired) electrons. The van der Waals surface area contributed by atoms with Gasteiger partial charge in [-0.1, -0.05) is 0 Å². The fraction of sp³-hybridized carbons (Fsp3) is 0.381. The van der Waals surface area contributed by atoms with Crippen molar-refractivity contribution in [1.29, 1.82) is 0 Å². The number of aromatic hydroxyl groups is 1. The second-order valence-electron chi connectivity index (χ2n) is 7.93. The van der Waals surface area contributed by atoms with E-state index < -0.39 is 26.0 Å². The van der Waals surface area contributed by atoms with Gasteiger partial charge in [-0.2, -0.15) is 4.31 Å². The number of ether oxygens (including phenoxy) is 1. The number of benzene rings is 2. The van der Waals surface area contributed by atoms with Gasteiger partial charge in [0.2, 0.25) is 20.0 Å². The van der Waals surface area contributed by atoms with E-state index in [1.165, 1.54) is 32.9 Å². The molecule has 2 aromatic carbocycles. The molecule has 0 saturated carbocycles. The number of phenols is 1. The highest BCUT2D eigenvalue weighted by atomic mass is 32.2. The van der Waals surface area contributed by atoms with Crippen LogP contribution in [0.2, 0.25) is 0 Å². The molecular formula is C21H25N3O7S2. The lowest BCUT2D eigenvalue weighted by Crippen LogP contribution is -2.40. The molecule has 0 aliphatic carbocycles. The summed E-state index contributed by atoms with van der Waals surface area (Å²) in [5, 5.41) is 12.8. The van der Waals surface area contributed by atoms with Gasteiger partial charge in [0.25, 0.3) is 5.91 Å². The molecule has 10 nitrogen and oxygen atoms in total. The zero-order valence-corrected chi connectivity index (χ0v) is 19.7. The number of phenolic OH excluding ortho intramolecular Hbond substituents is 1. The zero-order chi connectivity index (χ0) is 23.8. The number of carbonyl (C=O) groups excluding carboxylic acids is 1. The molecule has 0 aromatic heterocycles. The molecule has 2 aliphatic heterocycles. The molecule has 0 unspecified atom stereocenters. The summed E-state index contributed by atoms with van der Waals surface area (Å²) in [5.74, 6) is -0.823. The van der Waals surface area contributed by atoms with Crippen LogP contribution in [0.4, 0.5) is 11.4 Å². The molecule has 2 N–H and O–H groups in total. The van der Waals surface area contributed by atoms with Crippen LogP contribution in [0.1, 0.15) is 22.3 Å². The van der Waals surface area contributed by atoms with E-state index in [4.69, 9.17) is 4.74 Å². The highest BCUT2D eigenvalue weighted by molar-refractivity contribution is 7.92. The van der Waals surface area contributed by atoms with E-state index in [-0.39, 0.29) is 35.0 Å². The van der Waals surface area contributed by atoms with E-state index in [1.807, 2.05) is 0 Å². The van der Waals surface area contributed by atoms with Gasteiger partial charge >= 0.3 is 0 Å². The number of morpholine rings is 1. The van der Waals surface area contributed by atoms with Crippen molar-refractivity contribution in [2.45, 2.75) is 17.7 Å². The molecule has 1 amide bonds. The van der Waals surface area contributed by atoms with E-state index in [0.29, 0.717) is 38.3 Å². The molecular weight excluding hydrogens is 470 g/mol. The number of anilines is 2. The lowest BCUT2D eigenvalue weighted by atomic mass is 10.0. The molecule has 4 rings (SSSR count). The average Bonchev–Trinajstić information content (AvgIpc) is 2.79. The molecule has 0 bridgehead atoms. The highest BCUT2D eigenvalue weighted by Gasteiger charge is 2.28. The normalized spacial score (nSPS) is 17.4. The Morgan fingerprint density at radius 1 is 1.03 bits per heavy atom. The number of hydrogen-bond donors (Lipinski definition) is 2. The Kier molecular flexibility index (Phi) is 6.36. The van der Waals surface area contributed by atoms with Gasteiger partial charge in [-0.25, -0.2) is 16.8 Å². The molecule has 0 spiro atoms. The van der Waals surface area contributed by atoms with Crippen molar-refractivity contribution >= 4 is 37.3 Å². The molecule has 178 valence electrons. The Hall–Kier alpha value is -2.67. The quantitative estimate of drug-likeness (QED) is 0.599. The van der Waals surface area contributed by atoms with Gasteiger partial charge in [0, 0.05) is 25.2 Å². The summed E-state index contributed by atoms with van der Waals surface area (Å²) in [6, 6.07) is 8.44. The number of nitrogens with one attached hydrogen (secondary N) is 1. The zero-order valence-electron chi connectivity index (χ0n) is 18.0. The van der Waals surface area contributed by atoms with Gasteiger partial charge in [0.1, 0.15) is 5.75 Å². The monoisotopic (exact) mass is 495 g/mol. The van der Waals surface area contributed by atoms with Gasteiger partial charge in [0.05, 0.1) is 35.7 Å². The van der Waals surface area contributed by atoms with Crippen LogP contribution in [-0.2, 0) is 31.2 Å². The molecule has 0 atom stereocenters. The van der Waals surface area contributed by atoms with Crippen LogP contribution in [0, 0.1) is 0 Å². The van der Waals surface area contributed by atoms with Crippen molar-refractivity contribution < 1.29 is 31.5 Å². The van der Waals surface area contributed by atoms with Crippen molar-refractivity contribution in [3.05, 3.63) is 47.5 Å². The van der Waals surface area contributed by atoms with Crippen LogP contribution in [0.25, 0.3) is 0 Å². The maximum Gasteiger partial charge on any atom is 0.255 e. The van der Waals surface area contributed by atoms with E-state index in [9.17, 15) is 26.7 Å². The minimum Gasteiger partial charge on any atom is -0.506 e. The van der Waals surface area contributed by atoms with Crippen LogP contribution >= 0.6 is 0 Å². The third kappa shape index (κ3) is 4.83. The summed E-state index contributed by atoms with van der Waals surface area (Å²) in [6.45, 7) is 1.44. The van der Waals surface area contributed by atoms with Crippen LogP contribution in [0.15, 0.2) is 41.3 Å². The van der Waals surface area contributed by atoms with Crippen LogP contribution in [0.3, 0.4) is 0 Å². The van der Waals surface area contributed by atoms with Gasteiger partial charge in [-0.3, -0.25) is 9.10 Å². The minimum absolute atomic E-state index is 0.0372.